The number of benzene rings is 2. The smallest absolute Gasteiger partial charge is 0.372 e. The van der Waals surface area contributed by atoms with E-state index in [4.69, 9.17) is 10.1 Å². The molecule has 2 N–H and O–H groups in total. The molecule has 0 aliphatic carbocycles. The summed E-state index contributed by atoms with van der Waals surface area (Å²) in [6.07, 6.45) is 2.92. The molecule has 2 aromatic carbocycles. The van der Waals surface area contributed by atoms with E-state index in [-0.39, 0.29) is 18.2 Å². The molecule has 0 saturated heterocycles. The predicted molar refractivity (Wildman–Crippen MR) is 130 cm³/mol. The monoisotopic (exact) mass is 463 g/mol. The lowest BCUT2D eigenvalue weighted by Crippen LogP contribution is -2.33. The number of aliphatic imine (C=N–C) groups is 1. The third kappa shape index (κ3) is 6.15. The maximum atomic E-state index is 12.7. The Hall–Kier alpha value is -3.81. The number of hydrogen-bond acceptors (Lipinski definition) is 5. The fraction of sp³-hybridized carbons (Fsp3) is 0.346. The molecule has 8 nitrogen and oxygen atoms in total. The quantitative estimate of drug-likeness (QED) is 0.410. The Balaban J connectivity index is 1.67. The molecule has 0 unspecified atom stereocenters. The van der Waals surface area contributed by atoms with Gasteiger partial charge in [-0.15, -0.1) is 0 Å². The number of fused-ring (bicyclic) bond motifs is 1. The second-order valence-electron chi connectivity index (χ2n) is 8.34. The topological polar surface area (TPSA) is 116 Å². The molecular weight excluding hydrogens is 434 g/mol. The molecule has 2 aromatic rings. The van der Waals surface area contributed by atoms with Crippen molar-refractivity contribution in [3.8, 4) is 0 Å². The van der Waals surface area contributed by atoms with Gasteiger partial charge in [-0.05, 0) is 38.0 Å². The number of nitrogens with one attached hydrogen (secondary N) is 1. The Kier molecular flexibility index (Phi) is 8.29. The van der Waals surface area contributed by atoms with Gasteiger partial charge in [0, 0.05) is 36.7 Å². The Bertz CT molecular complexity index is 1110. The van der Waals surface area contributed by atoms with Gasteiger partial charge in [-0.25, -0.2) is 4.79 Å². The van der Waals surface area contributed by atoms with Gasteiger partial charge in [0.05, 0.1) is 11.4 Å². The van der Waals surface area contributed by atoms with E-state index in [9.17, 15) is 19.2 Å². The van der Waals surface area contributed by atoms with Crippen molar-refractivity contribution in [1.29, 1.82) is 0 Å². The third-order valence-electron chi connectivity index (χ3n) is 5.75. The zero-order chi connectivity index (χ0) is 24.7. The molecule has 0 saturated carbocycles. The van der Waals surface area contributed by atoms with E-state index in [1.165, 1.54) is 0 Å². The Labute approximate surface area is 198 Å². The summed E-state index contributed by atoms with van der Waals surface area (Å²) in [6.45, 7) is 1.77. The summed E-state index contributed by atoms with van der Waals surface area (Å²) >= 11 is 0. The number of rotatable bonds is 10. The number of amides is 2. The SMILES string of the molecule is C[C@H]1N=C(c2ccccc2)c2cc(NC(=O)CCCCCCC(=O)C(=O)O)ccc2N(C)C1=O. The zero-order valence-electron chi connectivity index (χ0n) is 19.4. The number of Topliss-reactive ketones (excluding diaryl/α,β-unsaturated/α-hetero) is 1. The van der Waals surface area contributed by atoms with Gasteiger partial charge in [0.25, 0.3) is 5.91 Å². The highest BCUT2D eigenvalue weighted by Gasteiger charge is 2.27. The lowest BCUT2D eigenvalue weighted by Gasteiger charge is -2.20. The molecule has 34 heavy (non-hydrogen) atoms. The first-order chi connectivity index (χ1) is 16.3. The Morgan fingerprint density at radius 3 is 2.35 bits per heavy atom. The highest BCUT2D eigenvalue weighted by atomic mass is 16.4. The van der Waals surface area contributed by atoms with Crippen molar-refractivity contribution in [3.05, 3.63) is 59.7 Å². The minimum Gasteiger partial charge on any atom is -0.476 e. The van der Waals surface area contributed by atoms with Crippen LogP contribution in [0, 0.1) is 0 Å². The number of benzodiazepines with no additional fused rings is 1. The second-order valence-corrected chi connectivity index (χ2v) is 8.34. The van der Waals surface area contributed by atoms with Crippen LogP contribution in [0.25, 0.3) is 0 Å². The highest BCUT2D eigenvalue weighted by Crippen LogP contribution is 2.30. The van der Waals surface area contributed by atoms with E-state index in [1.54, 1.807) is 24.9 Å². The lowest BCUT2D eigenvalue weighted by atomic mass is 9.99. The van der Waals surface area contributed by atoms with Crippen molar-refractivity contribution in [3.63, 3.8) is 0 Å². The summed E-state index contributed by atoms with van der Waals surface area (Å²) in [6, 6.07) is 14.6. The molecule has 0 radical (unpaired) electrons. The van der Waals surface area contributed by atoms with Crippen molar-refractivity contribution in [2.24, 2.45) is 4.99 Å². The average molecular weight is 464 g/mol. The summed E-state index contributed by atoms with van der Waals surface area (Å²) in [4.78, 5) is 53.1. The fourth-order valence-corrected chi connectivity index (χ4v) is 3.89. The minimum atomic E-state index is -1.40. The van der Waals surface area contributed by atoms with Gasteiger partial charge in [0.1, 0.15) is 6.04 Å². The van der Waals surface area contributed by atoms with Crippen molar-refractivity contribution in [2.75, 3.05) is 17.3 Å². The molecular formula is C26H29N3O5. The summed E-state index contributed by atoms with van der Waals surface area (Å²) in [7, 11) is 1.73. The van der Waals surface area contributed by atoms with Crippen LogP contribution < -0.4 is 10.2 Å². The number of carbonyl (C=O) groups excluding carboxylic acids is 3. The number of carbonyl (C=O) groups is 4. The van der Waals surface area contributed by atoms with E-state index in [1.807, 2.05) is 42.5 Å². The van der Waals surface area contributed by atoms with Gasteiger partial charge in [0.2, 0.25) is 11.7 Å². The standard InChI is InChI=1S/C26H29N3O5/c1-17-25(32)29(2)21-15-14-19(16-20(21)24(27-17)18-10-6-5-7-11-18)28-23(31)13-9-4-3-8-12-22(30)26(33)34/h5-7,10-11,14-17H,3-4,8-9,12-13H2,1-2H3,(H,28,31)(H,33,34)/t17-/m1/s1. The second kappa shape index (κ2) is 11.4. The van der Waals surface area contributed by atoms with Crippen LogP contribution in [0.15, 0.2) is 53.5 Å². The molecule has 0 aromatic heterocycles. The van der Waals surface area contributed by atoms with Gasteiger partial charge in [-0.3, -0.25) is 19.4 Å². The number of likely N-dealkylation sites (N-methyl/N-ethyl adjacent to an activating group) is 1. The third-order valence-corrected chi connectivity index (χ3v) is 5.75. The fourth-order valence-electron chi connectivity index (χ4n) is 3.89. The first-order valence-corrected chi connectivity index (χ1v) is 11.4. The highest BCUT2D eigenvalue weighted by molar-refractivity contribution is 6.32. The van der Waals surface area contributed by atoms with Crippen LogP contribution in [0.3, 0.4) is 0 Å². The van der Waals surface area contributed by atoms with E-state index < -0.39 is 17.8 Å². The molecule has 178 valence electrons. The first kappa shape index (κ1) is 24.8. The first-order valence-electron chi connectivity index (χ1n) is 11.4. The number of carboxylic acid groups (broad SMARTS) is 1. The average Bonchev–Trinajstić information content (AvgIpc) is 2.92. The summed E-state index contributed by atoms with van der Waals surface area (Å²) in [5, 5.41) is 11.5. The molecule has 1 atom stereocenters. The van der Waals surface area contributed by atoms with Gasteiger partial charge in [0.15, 0.2) is 0 Å². The van der Waals surface area contributed by atoms with Crippen LogP contribution >= 0.6 is 0 Å². The van der Waals surface area contributed by atoms with Crippen molar-refractivity contribution >= 4 is 40.7 Å². The summed E-state index contributed by atoms with van der Waals surface area (Å²) < 4.78 is 0. The number of nitrogens with zero attached hydrogens (tertiary/aromatic N) is 2. The molecule has 8 heteroatoms. The minimum absolute atomic E-state index is 0.0253. The van der Waals surface area contributed by atoms with E-state index in [2.05, 4.69) is 5.32 Å². The van der Waals surface area contributed by atoms with Crippen molar-refractivity contribution in [2.45, 2.75) is 51.5 Å². The number of unbranched alkanes of at least 4 members (excludes halogenated alkanes) is 3. The summed E-state index contributed by atoms with van der Waals surface area (Å²) in [5.74, 6) is -2.41. The number of ketones is 1. The molecule has 1 heterocycles. The van der Waals surface area contributed by atoms with Gasteiger partial charge >= 0.3 is 5.97 Å². The zero-order valence-corrected chi connectivity index (χ0v) is 19.4. The molecule has 1 aliphatic heterocycles. The Morgan fingerprint density at radius 1 is 1.00 bits per heavy atom. The maximum Gasteiger partial charge on any atom is 0.372 e. The molecule has 0 fully saturated rings. The van der Waals surface area contributed by atoms with Crippen LogP contribution in [0.2, 0.25) is 0 Å². The van der Waals surface area contributed by atoms with Crippen LogP contribution in [0.1, 0.15) is 56.6 Å². The molecule has 0 spiro atoms. The largest absolute Gasteiger partial charge is 0.476 e. The molecule has 0 bridgehead atoms. The van der Waals surface area contributed by atoms with E-state index >= 15 is 0 Å². The predicted octanol–water partition coefficient (Wildman–Crippen LogP) is 3.82. The van der Waals surface area contributed by atoms with Crippen molar-refractivity contribution < 1.29 is 24.3 Å². The van der Waals surface area contributed by atoms with Crippen molar-refractivity contribution in [1.82, 2.24) is 0 Å². The van der Waals surface area contributed by atoms with E-state index in [0.717, 1.165) is 23.2 Å². The molecule has 2 amide bonds. The normalized spacial score (nSPS) is 15.2. The van der Waals surface area contributed by atoms with Crippen LogP contribution in [-0.4, -0.2) is 47.5 Å². The Morgan fingerprint density at radius 2 is 1.68 bits per heavy atom. The number of carboxylic acids is 1. The number of aliphatic carboxylic acids is 1. The van der Waals surface area contributed by atoms with Crippen LogP contribution in [0.4, 0.5) is 11.4 Å². The van der Waals surface area contributed by atoms with Gasteiger partial charge in [-0.1, -0.05) is 43.2 Å². The maximum absolute atomic E-state index is 12.7. The lowest BCUT2D eigenvalue weighted by molar-refractivity contribution is -0.149. The van der Waals surface area contributed by atoms with Gasteiger partial charge < -0.3 is 15.3 Å². The van der Waals surface area contributed by atoms with E-state index in [0.29, 0.717) is 37.1 Å². The number of hydrogen-bond donors (Lipinski definition) is 2. The molecule has 3 rings (SSSR count). The molecule has 1 aliphatic rings. The number of anilines is 2. The van der Waals surface area contributed by atoms with Gasteiger partial charge in [-0.2, -0.15) is 0 Å². The van der Waals surface area contributed by atoms with Crippen LogP contribution in [0.5, 0.6) is 0 Å². The summed E-state index contributed by atoms with van der Waals surface area (Å²) in [5.41, 5.74) is 3.71. The van der Waals surface area contributed by atoms with Crippen LogP contribution in [-0.2, 0) is 19.2 Å².